The molecule has 216 valence electrons. The predicted molar refractivity (Wildman–Crippen MR) is 170 cm³/mol. The molecule has 6 nitrogen and oxygen atoms in total. The first-order valence-corrected chi connectivity index (χ1v) is 13.5. The third-order valence-corrected chi connectivity index (χ3v) is 7.36. The number of carbonyl (C=O) groups is 4. The first-order valence-electron chi connectivity index (χ1n) is 13.5. The summed E-state index contributed by atoms with van der Waals surface area (Å²) in [5, 5.41) is 0. The molecule has 0 aliphatic heterocycles. The molecule has 0 bridgehead atoms. The lowest BCUT2D eigenvalue weighted by molar-refractivity contribution is 0.0979. The standard InChI is InChI=1S/C21H19NO3.C15H10O2.CH4/c1-4-14(2)25-13-12-22(3)18-11-7-10-17-19(18)21(24)16-9-6-5-8-15(16)20(17)23;1-9-6-7-12-13(8-9)15(17)11-5-3-2-4-10(11)14(12)16;/h4-11H,1-2,12-13H2,3H3;2-8H,1H3;1H4. The number of nitrogens with zero attached hydrogens (tertiary/aromatic N) is 1. The van der Waals surface area contributed by atoms with Crippen LogP contribution in [0, 0.1) is 6.92 Å². The van der Waals surface area contributed by atoms with E-state index in [9.17, 15) is 19.2 Å². The Morgan fingerprint density at radius 2 is 1.19 bits per heavy atom. The van der Waals surface area contributed by atoms with Crippen LogP contribution in [0.1, 0.15) is 76.7 Å². The molecule has 4 aromatic rings. The lowest BCUT2D eigenvalue weighted by Gasteiger charge is -2.26. The maximum atomic E-state index is 13.0. The minimum absolute atomic E-state index is 0. The van der Waals surface area contributed by atoms with Crippen molar-refractivity contribution in [2.45, 2.75) is 14.4 Å². The molecule has 4 aromatic carbocycles. The highest BCUT2D eigenvalue weighted by atomic mass is 16.5. The fourth-order valence-corrected chi connectivity index (χ4v) is 5.15. The van der Waals surface area contributed by atoms with Gasteiger partial charge in [-0.25, -0.2) is 0 Å². The van der Waals surface area contributed by atoms with E-state index in [-0.39, 0.29) is 30.6 Å². The fourth-order valence-electron chi connectivity index (χ4n) is 5.15. The van der Waals surface area contributed by atoms with Crippen LogP contribution >= 0.6 is 0 Å². The normalized spacial score (nSPS) is 12.3. The van der Waals surface area contributed by atoms with Crippen LogP contribution in [0.25, 0.3) is 0 Å². The minimum atomic E-state index is -0.121. The number of rotatable bonds is 6. The van der Waals surface area contributed by atoms with Crippen LogP contribution < -0.4 is 4.90 Å². The van der Waals surface area contributed by atoms with Crippen LogP contribution in [-0.2, 0) is 4.74 Å². The highest BCUT2D eigenvalue weighted by molar-refractivity contribution is 6.30. The number of hydrogen-bond acceptors (Lipinski definition) is 6. The summed E-state index contributed by atoms with van der Waals surface area (Å²) in [6, 6.07) is 24.7. The van der Waals surface area contributed by atoms with Crippen molar-refractivity contribution in [1.29, 1.82) is 0 Å². The van der Waals surface area contributed by atoms with E-state index in [1.807, 2.05) is 31.0 Å². The van der Waals surface area contributed by atoms with Crippen LogP contribution in [0.15, 0.2) is 110 Å². The second-order valence-corrected chi connectivity index (χ2v) is 10.1. The number of benzene rings is 4. The zero-order valence-corrected chi connectivity index (χ0v) is 23.5. The Bertz CT molecular complexity index is 1800. The van der Waals surface area contributed by atoms with E-state index in [1.54, 1.807) is 78.9 Å². The summed E-state index contributed by atoms with van der Waals surface area (Å²) in [5.74, 6) is 0.151. The van der Waals surface area contributed by atoms with Crippen molar-refractivity contribution < 1.29 is 23.9 Å². The number of aryl methyl sites for hydroxylation is 1. The van der Waals surface area contributed by atoms with Gasteiger partial charge in [0.1, 0.15) is 12.4 Å². The third-order valence-electron chi connectivity index (χ3n) is 7.36. The van der Waals surface area contributed by atoms with E-state index >= 15 is 0 Å². The molecule has 6 rings (SSSR count). The first kappa shape index (κ1) is 30.6. The summed E-state index contributed by atoms with van der Waals surface area (Å²) >= 11 is 0. The lowest BCUT2D eigenvalue weighted by atomic mass is 9.83. The van der Waals surface area contributed by atoms with Gasteiger partial charge < -0.3 is 9.64 Å². The summed E-state index contributed by atoms with van der Waals surface area (Å²) in [6.07, 6.45) is 1.55. The summed E-state index contributed by atoms with van der Waals surface area (Å²) in [4.78, 5) is 52.1. The van der Waals surface area contributed by atoms with Gasteiger partial charge in [-0.15, -0.1) is 0 Å². The molecule has 0 amide bonds. The SMILES string of the molecule is C.C=CC(=C)OCCN(C)c1cccc2c1C(=O)c1ccccc1C2=O.Cc1ccc2c(c1)C(=O)c1ccccc1C2=O. The van der Waals surface area contributed by atoms with E-state index in [4.69, 9.17) is 4.74 Å². The van der Waals surface area contributed by atoms with Gasteiger partial charge in [0.15, 0.2) is 23.1 Å². The molecule has 43 heavy (non-hydrogen) atoms. The van der Waals surface area contributed by atoms with Gasteiger partial charge in [0.25, 0.3) is 0 Å². The molecule has 0 unspecified atom stereocenters. The largest absolute Gasteiger partial charge is 0.492 e. The molecule has 0 heterocycles. The van der Waals surface area contributed by atoms with Crippen molar-refractivity contribution in [2.75, 3.05) is 25.1 Å². The molecule has 0 N–H and O–H groups in total. The first-order chi connectivity index (χ1) is 20.2. The van der Waals surface area contributed by atoms with E-state index in [2.05, 4.69) is 13.2 Å². The van der Waals surface area contributed by atoms with Gasteiger partial charge in [-0.3, -0.25) is 19.2 Å². The summed E-state index contributed by atoms with van der Waals surface area (Å²) in [7, 11) is 1.87. The number of carbonyl (C=O) groups excluding carboxylic acids is 4. The van der Waals surface area contributed by atoms with Crippen LogP contribution in [-0.4, -0.2) is 43.3 Å². The van der Waals surface area contributed by atoms with Crippen LogP contribution in [0.4, 0.5) is 5.69 Å². The summed E-state index contributed by atoms with van der Waals surface area (Å²) < 4.78 is 5.43. The van der Waals surface area contributed by atoms with Crippen molar-refractivity contribution in [3.63, 3.8) is 0 Å². The zero-order valence-electron chi connectivity index (χ0n) is 23.5. The molecule has 2 aliphatic rings. The van der Waals surface area contributed by atoms with Gasteiger partial charge in [0, 0.05) is 51.7 Å². The van der Waals surface area contributed by atoms with Crippen LogP contribution in [0.3, 0.4) is 0 Å². The summed E-state index contributed by atoms with van der Waals surface area (Å²) in [5.41, 5.74) is 5.59. The topological polar surface area (TPSA) is 80.8 Å². The number of hydrogen-bond donors (Lipinski definition) is 0. The van der Waals surface area contributed by atoms with Crippen molar-refractivity contribution in [1.82, 2.24) is 0 Å². The maximum absolute atomic E-state index is 13.0. The number of anilines is 1. The van der Waals surface area contributed by atoms with Crippen LogP contribution in [0.2, 0.25) is 0 Å². The van der Waals surface area contributed by atoms with Gasteiger partial charge in [-0.05, 0) is 25.1 Å². The van der Waals surface area contributed by atoms with Gasteiger partial charge >= 0.3 is 0 Å². The third kappa shape index (κ3) is 5.72. The molecule has 0 aromatic heterocycles. The van der Waals surface area contributed by atoms with Crippen LogP contribution in [0.5, 0.6) is 0 Å². The average Bonchev–Trinajstić information content (AvgIpc) is 3.02. The van der Waals surface area contributed by atoms with Gasteiger partial charge in [0.2, 0.25) is 0 Å². The Hall–Kier alpha value is -5.36. The molecule has 0 saturated carbocycles. The second-order valence-electron chi connectivity index (χ2n) is 10.1. The highest BCUT2D eigenvalue weighted by Crippen LogP contribution is 2.33. The molecule has 6 heteroatoms. The smallest absolute Gasteiger partial charge is 0.196 e. The molecular formula is C37H33NO5. The number of ether oxygens (including phenoxy) is 1. The van der Waals surface area contributed by atoms with Crippen molar-refractivity contribution in [2.24, 2.45) is 0 Å². The highest BCUT2D eigenvalue weighted by Gasteiger charge is 2.32. The number of allylic oxidation sites excluding steroid dienone is 1. The molecule has 0 fully saturated rings. The number of fused-ring (bicyclic) bond motifs is 4. The van der Waals surface area contributed by atoms with E-state index < -0.39 is 0 Å². The molecule has 0 spiro atoms. The number of likely N-dealkylation sites (N-methyl/N-ethyl adjacent to an activating group) is 1. The van der Waals surface area contributed by atoms with E-state index in [1.165, 1.54) is 0 Å². The average molecular weight is 572 g/mol. The Kier molecular flexibility index (Phi) is 9.01. The molecular weight excluding hydrogens is 538 g/mol. The number of ketones is 4. The monoisotopic (exact) mass is 571 g/mol. The Labute approximate surface area is 251 Å². The van der Waals surface area contributed by atoms with Gasteiger partial charge in [-0.1, -0.05) is 98.9 Å². The Morgan fingerprint density at radius 3 is 1.77 bits per heavy atom. The van der Waals surface area contributed by atoms with Crippen molar-refractivity contribution >= 4 is 28.8 Å². The molecule has 0 radical (unpaired) electrons. The second kappa shape index (κ2) is 12.7. The van der Waals surface area contributed by atoms with Gasteiger partial charge in [-0.2, -0.15) is 0 Å². The molecule has 0 saturated heterocycles. The lowest BCUT2D eigenvalue weighted by Crippen LogP contribution is -2.28. The predicted octanol–water partition coefficient (Wildman–Crippen LogP) is 7.02. The molecule has 0 atom stereocenters. The van der Waals surface area contributed by atoms with E-state index in [0.717, 1.165) is 11.3 Å². The Balaban J connectivity index is 0.000000205. The van der Waals surface area contributed by atoms with E-state index in [0.29, 0.717) is 63.4 Å². The summed E-state index contributed by atoms with van der Waals surface area (Å²) in [6.45, 7) is 10.2. The zero-order chi connectivity index (χ0) is 30.0. The fraction of sp³-hybridized carbons (Fsp3) is 0.135. The molecule has 2 aliphatic carbocycles. The minimum Gasteiger partial charge on any atom is -0.492 e. The quantitative estimate of drug-likeness (QED) is 0.158. The van der Waals surface area contributed by atoms with Crippen molar-refractivity contribution in [3.05, 3.63) is 160 Å². The Morgan fingerprint density at radius 1 is 0.698 bits per heavy atom. The van der Waals surface area contributed by atoms with Gasteiger partial charge in [0.05, 0.1) is 12.1 Å². The maximum Gasteiger partial charge on any atom is 0.196 e. The van der Waals surface area contributed by atoms with Crippen molar-refractivity contribution in [3.8, 4) is 0 Å².